The van der Waals surface area contributed by atoms with Crippen LogP contribution in [0.15, 0.2) is 48.5 Å². The normalized spacial score (nSPS) is 10.8. The van der Waals surface area contributed by atoms with Crippen molar-refractivity contribution in [2.75, 3.05) is 6.61 Å². The molecule has 0 fully saturated rings. The van der Waals surface area contributed by atoms with Gasteiger partial charge in [-0.2, -0.15) is 0 Å². The smallest absolute Gasteiger partial charge is 0.338 e. The van der Waals surface area contributed by atoms with Crippen LogP contribution in [-0.2, 0) is 11.2 Å². The number of benzene rings is 2. The molecule has 3 rings (SSSR count). The summed E-state index contributed by atoms with van der Waals surface area (Å²) in [7, 11) is 0. The van der Waals surface area contributed by atoms with E-state index in [0.717, 1.165) is 23.0 Å². The van der Waals surface area contributed by atoms with Crippen LogP contribution < -0.4 is 0 Å². The van der Waals surface area contributed by atoms with Gasteiger partial charge in [-0.3, -0.25) is 0 Å². The Morgan fingerprint density at radius 1 is 1.09 bits per heavy atom. The lowest BCUT2D eigenvalue weighted by molar-refractivity contribution is 0.0526. The summed E-state index contributed by atoms with van der Waals surface area (Å²) < 4.78 is 5.04. The summed E-state index contributed by atoms with van der Waals surface area (Å²) in [4.78, 5) is 15.2. The van der Waals surface area contributed by atoms with Gasteiger partial charge in [0.05, 0.1) is 12.2 Å². The molecule has 22 heavy (non-hydrogen) atoms. The SMILES string of the molecule is CCOC(=O)c1ccc2[nH]c(Cc3ccc(C)cc3)cc2c1. The molecule has 0 spiro atoms. The second-order valence-corrected chi connectivity index (χ2v) is 5.48. The number of aromatic nitrogens is 1. The van der Waals surface area contributed by atoms with E-state index >= 15 is 0 Å². The molecule has 112 valence electrons. The molecule has 0 atom stereocenters. The van der Waals surface area contributed by atoms with E-state index in [1.165, 1.54) is 11.1 Å². The van der Waals surface area contributed by atoms with Gasteiger partial charge in [-0.15, -0.1) is 0 Å². The highest BCUT2D eigenvalue weighted by atomic mass is 16.5. The quantitative estimate of drug-likeness (QED) is 0.731. The molecule has 3 heteroatoms. The van der Waals surface area contributed by atoms with E-state index in [1.807, 2.05) is 19.1 Å². The van der Waals surface area contributed by atoms with Crippen LogP contribution in [0.2, 0.25) is 0 Å². The molecular formula is C19H19NO2. The second-order valence-electron chi connectivity index (χ2n) is 5.48. The number of rotatable bonds is 4. The summed E-state index contributed by atoms with van der Waals surface area (Å²) in [5, 5.41) is 1.03. The van der Waals surface area contributed by atoms with Crippen molar-refractivity contribution in [2.45, 2.75) is 20.3 Å². The minimum atomic E-state index is -0.273. The molecule has 3 aromatic rings. The third-order valence-corrected chi connectivity index (χ3v) is 3.70. The molecule has 0 aliphatic rings. The van der Waals surface area contributed by atoms with Gasteiger partial charge in [0.15, 0.2) is 0 Å². The Kier molecular flexibility index (Phi) is 3.96. The molecule has 1 heterocycles. The standard InChI is InChI=1S/C19H19NO2/c1-3-22-19(21)15-8-9-18-16(11-15)12-17(20-18)10-14-6-4-13(2)5-7-14/h4-9,11-12,20H,3,10H2,1-2H3. The number of hydrogen-bond donors (Lipinski definition) is 1. The lowest BCUT2D eigenvalue weighted by atomic mass is 10.1. The van der Waals surface area contributed by atoms with Crippen LogP contribution in [0.25, 0.3) is 10.9 Å². The first-order valence-electron chi connectivity index (χ1n) is 7.50. The zero-order valence-corrected chi connectivity index (χ0v) is 12.8. The fraction of sp³-hybridized carbons (Fsp3) is 0.211. The number of carbonyl (C=O) groups is 1. The highest BCUT2D eigenvalue weighted by Gasteiger charge is 2.09. The van der Waals surface area contributed by atoms with Gasteiger partial charge in [0.25, 0.3) is 0 Å². The lowest BCUT2D eigenvalue weighted by Gasteiger charge is -2.01. The van der Waals surface area contributed by atoms with E-state index in [1.54, 1.807) is 6.07 Å². The molecule has 0 aliphatic heterocycles. The van der Waals surface area contributed by atoms with Crippen molar-refractivity contribution in [1.29, 1.82) is 0 Å². The maximum Gasteiger partial charge on any atom is 0.338 e. The van der Waals surface area contributed by atoms with Crippen LogP contribution in [0.1, 0.15) is 34.1 Å². The Morgan fingerprint density at radius 2 is 1.86 bits per heavy atom. The Balaban J connectivity index is 1.86. The number of nitrogens with one attached hydrogen (secondary N) is 1. The summed E-state index contributed by atoms with van der Waals surface area (Å²) in [6.45, 7) is 4.29. The first kappa shape index (κ1) is 14.4. The van der Waals surface area contributed by atoms with Crippen molar-refractivity contribution in [3.05, 3.63) is 70.9 Å². The van der Waals surface area contributed by atoms with Gasteiger partial charge >= 0.3 is 5.97 Å². The van der Waals surface area contributed by atoms with E-state index in [2.05, 4.69) is 42.2 Å². The van der Waals surface area contributed by atoms with Crippen LogP contribution in [0.5, 0.6) is 0 Å². The van der Waals surface area contributed by atoms with Gasteiger partial charge in [-0.25, -0.2) is 4.79 Å². The van der Waals surface area contributed by atoms with Crippen LogP contribution in [0.3, 0.4) is 0 Å². The first-order chi connectivity index (χ1) is 10.7. The number of esters is 1. The highest BCUT2D eigenvalue weighted by Crippen LogP contribution is 2.20. The molecule has 0 unspecified atom stereocenters. The van der Waals surface area contributed by atoms with Crippen LogP contribution in [0, 0.1) is 6.92 Å². The first-order valence-corrected chi connectivity index (χ1v) is 7.50. The predicted molar refractivity (Wildman–Crippen MR) is 88.2 cm³/mol. The number of ether oxygens (including phenoxy) is 1. The van der Waals surface area contributed by atoms with Gasteiger partial charge in [-0.05, 0) is 43.7 Å². The fourth-order valence-electron chi connectivity index (χ4n) is 2.56. The van der Waals surface area contributed by atoms with Crippen LogP contribution in [-0.4, -0.2) is 17.6 Å². The summed E-state index contributed by atoms with van der Waals surface area (Å²) in [5.41, 5.74) is 5.30. The Morgan fingerprint density at radius 3 is 2.59 bits per heavy atom. The monoisotopic (exact) mass is 293 g/mol. The second kappa shape index (κ2) is 6.06. The summed E-state index contributed by atoms with van der Waals surface area (Å²) in [5.74, 6) is -0.273. The molecule has 0 saturated heterocycles. The van der Waals surface area contributed by atoms with E-state index < -0.39 is 0 Å². The summed E-state index contributed by atoms with van der Waals surface area (Å²) in [6.07, 6.45) is 0.851. The van der Waals surface area contributed by atoms with Crippen molar-refractivity contribution < 1.29 is 9.53 Å². The van der Waals surface area contributed by atoms with Crippen molar-refractivity contribution >= 4 is 16.9 Å². The van der Waals surface area contributed by atoms with Gasteiger partial charge < -0.3 is 9.72 Å². The molecule has 0 radical (unpaired) electrons. The number of fused-ring (bicyclic) bond motifs is 1. The van der Waals surface area contributed by atoms with Crippen molar-refractivity contribution in [3.8, 4) is 0 Å². The average molecular weight is 293 g/mol. The molecule has 3 nitrogen and oxygen atoms in total. The highest BCUT2D eigenvalue weighted by molar-refractivity contribution is 5.94. The number of H-pyrrole nitrogens is 1. The van der Waals surface area contributed by atoms with Gasteiger partial charge in [0.2, 0.25) is 0 Å². The zero-order valence-electron chi connectivity index (χ0n) is 12.8. The Labute approximate surface area is 129 Å². The maximum atomic E-state index is 11.8. The topological polar surface area (TPSA) is 42.1 Å². The molecule has 2 aromatic carbocycles. The van der Waals surface area contributed by atoms with E-state index in [4.69, 9.17) is 4.74 Å². The molecule has 0 amide bonds. The van der Waals surface area contributed by atoms with Gasteiger partial charge in [0.1, 0.15) is 0 Å². The Bertz CT molecular complexity index is 800. The molecule has 0 saturated carbocycles. The van der Waals surface area contributed by atoms with Crippen LogP contribution in [0.4, 0.5) is 0 Å². The summed E-state index contributed by atoms with van der Waals surface area (Å²) in [6, 6.07) is 16.2. The van der Waals surface area contributed by atoms with Crippen LogP contribution >= 0.6 is 0 Å². The number of aromatic amines is 1. The van der Waals surface area contributed by atoms with Crippen molar-refractivity contribution in [2.24, 2.45) is 0 Å². The van der Waals surface area contributed by atoms with Crippen molar-refractivity contribution in [3.63, 3.8) is 0 Å². The zero-order chi connectivity index (χ0) is 15.5. The van der Waals surface area contributed by atoms with Crippen molar-refractivity contribution in [1.82, 2.24) is 4.98 Å². The summed E-state index contributed by atoms with van der Waals surface area (Å²) >= 11 is 0. The molecule has 1 aromatic heterocycles. The molecule has 0 aliphatic carbocycles. The van der Waals surface area contributed by atoms with Gasteiger partial charge in [0, 0.05) is 23.0 Å². The minimum absolute atomic E-state index is 0.273. The van der Waals surface area contributed by atoms with Gasteiger partial charge in [-0.1, -0.05) is 29.8 Å². The predicted octanol–water partition coefficient (Wildman–Crippen LogP) is 4.24. The third kappa shape index (κ3) is 3.03. The maximum absolute atomic E-state index is 11.8. The van der Waals surface area contributed by atoms with E-state index in [0.29, 0.717) is 12.2 Å². The molecular weight excluding hydrogens is 274 g/mol. The molecule has 1 N–H and O–H groups in total. The number of hydrogen-bond acceptors (Lipinski definition) is 2. The Hall–Kier alpha value is -2.55. The number of carbonyl (C=O) groups excluding carboxylic acids is 1. The largest absolute Gasteiger partial charge is 0.462 e. The third-order valence-electron chi connectivity index (χ3n) is 3.70. The van der Waals surface area contributed by atoms with E-state index in [9.17, 15) is 4.79 Å². The fourth-order valence-corrected chi connectivity index (χ4v) is 2.56. The van der Waals surface area contributed by atoms with E-state index in [-0.39, 0.29) is 5.97 Å². The molecule has 0 bridgehead atoms. The lowest BCUT2D eigenvalue weighted by Crippen LogP contribution is -2.03. The minimum Gasteiger partial charge on any atom is -0.462 e. The number of aryl methyl sites for hydroxylation is 1. The average Bonchev–Trinajstić information content (AvgIpc) is 2.91.